The van der Waals surface area contributed by atoms with E-state index in [1.165, 1.54) is 0 Å². The van der Waals surface area contributed by atoms with Crippen LogP contribution >= 0.6 is 0 Å². The molecule has 7 heteroatoms. The zero-order valence-corrected chi connectivity index (χ0v) is 17.4. The minimum Gasteiger partial charge on any atom is -0.337 e. The van der Waals surface area contributed by atoms with Gasteiger partial charge in [-0.2, -0.15) is 8.42 Å². The van der Waals surface area contributed by atoms with Crippen molar-refractivity contribution in [1.82, 2.24) is 4.90 Å². The van der Waals surface area contributed by atoms with E-state index in [9.17, 15) is 18.0 Å². The van der Waals surface area contributed by atoms with Gasteiger partial charge in [0.2, 0.25) is 5.91 Å². The molecule has 0 aromatic rings. The average molecular weight is 398 g/mol. The molecule has 0 aromatic carbocycles. The van der Waals surface area contributed by atoms with Gasteiger partial charge in [0, 0.05) is 23.9 Å². The van der Waals surface area contributed by atoms with E-state index in [1.54, 1.807) is 0 Å². The van der Waals surface area contributed by atoms with E-state index in [1.807, 2.05) is 4.90 Å². The normalized spacial score (nSPS) is 45.1. The number of Topliss-reactive ketones (excluding diaryl/α,β-unsaturated/α-hetero) is 1. The summed E-state index contributed by atoms with van der Waals surface area (Å²) in [5.41, 5.74) is -0.432. The first-order valence-corrected chi connectivity index (χ1v) is 12.1. The molecule has 2 heterocycles. The van der Waals surface area contributed by atoms with Crippen LogP contribution in [0.4, 0.5) is 0 Å². The molecule has 0 radical (unpaired) electrons. The number of amides is 1. The first kappa shape index (κ1) is 19.4. The molecular formula is C20H31NO5S. The number of hydrogen-bond acceptors (Lipinski definition) is 5. The zero-order chi connectivity index (χ0) is 19.6. The number of carbonyl (C=O) groups excluding carboxylic acids is 2. The lowest BCUT2D eigenvalue weighted by molar-refractivity contribution is -0.154. The van der Waals surface area contributed by atoms with Gasteiger partial charge in [0.25, 0.3) is 10.1 Å². The summed E-state index contributed by atoms with van der Waals surface area (Å²) >= 11 is 0. The van der Waals surface area contributed by atoms with Gasteiger partial charge >= 0.3 is 0 Å². The standard InChI is InChI=1S/C20H31NO5S/c1-19-9-7-16-14(15(19)4-5-17(19)22)8-11-21-18(23)12-13(26-27(3,24)25)6-10-20(16,21)2/h13-16H,4-12H2,1-3H3/t13?,14-,15-,16-,19-,20+/m0/s1. The SMILES string of the molecule is C[C@]12CC[C@H]3[C@@H](CCN4C(=O)CC(OS(C)(=O)=O)CC[C@]34C)[C@@H]1CCC2=O. The third kappa shape index (κ3) is 3.05. The maximum Gasteiger partial charge on any atom is 0.264 e. The highest BCUT2D eigenvalue weighted by Crippen LogP contribution is 2.60. The van der Waals surface area contributed by atoms with Crippen LogP contribution in [0.15, 0.2) is 0 Å². The lowest BCUT2D eigenvalue weighted by Gasteiger charge is -2.58. The first-order valence-electron chi connectivity index (χ1n) is 10.3. The molecule has 0 aromatic heterocycles. The third-order valence-electron chi connectivity index (χ3n) is 8.23. The number of fused-ring (bicyclic) bond motifs is 5. The lowest BCUT2D eigenvalue weighted by atomic mass is 9.53. The molecule has 2 aliphatic carbocycles. The second-order valence-corrected chi connectivity index (χ2v) is 11.3. The van der Waals surface area contributed by atoms with Gasteiger partial charge in [0.05, 0.1) is 18.8 Å². The Labute approximate surface area is 162 Å². The van der Waals surface area contributed by atoms with Crippen LogP contribution in [-0.2, 0) is 23.9 Å². The van der Waals surface area contributed by atoms with Gasteiger partial charge < -0.3 is 4.90 Å². The van der Waals surface area contributed by atoms with Crippen LogP contribution in [0.1, 0.15) is 65.2 Å². The molecule has 1 amide bonds. The summed E-state index contributed by atoms with van der Waals surface area (Å²) in [7, 11) is -3.57. The van der Waals surface area contributed by atoms with Crippen LogP contribution in [0, 0.1) is 23.2 Å². The van der Waals surface area contributed by atoms with Crippen LogP contribution in [0.2, 0.25) is 0 Å². The number of piperidine rings is 1. The molecule has 0 N–H and O–H groups in total. The number of rotatable bonds is 2. The van der Waals surface area contributed by atoms with Crippen molar-refractivity contribution in [2.45, 2.75) is 76.9 Å². The van der Waals surface area contributed by atoms with Gasteiger partial charge in [-0.05, 0) is 63.2 Å². The third-order valence-corrected chi connectivity index (χ3v) is 8.86. The Bertz CT molecular complexity index is 764. The molecule has 6 atom stereocenters. The minimum absolute atomic E-state index is 0.0120. The highest BCUT2D eigenvalue weighted by Gasteiger charge is 2.60. The molecule has 4 rings (SSSR count). The molecule has 27 heavy (non-hydrogen) atoms. The Morgan fingerprint density at radius 1 is 1.04 bits per heavy atom. The van der Waals surface area contributed by atoms with Crippen molar-refractivity contribution in [2.24, 2.45) is 23.2 Å². The van der Waals surface area contributed by atoms with Crippen LogP contribution in [0.5, 0.6) is 0 Å². The van der Waals surface area contributed by atoms with Crippen molar-refractivity contribution in [1.29, 1.82) is 0 Å². The smallest absolute Gasteiger partial charge is 0.264 e. The highest BCUT2D eigenvalue weighted by molar-refractivity contribution is 7.86. The summed E-state index contributed by atoms with van der Waals surface area (Å²) in [4.78, 5) is 27.5. The van der Waals surface area contributed by atoms with Gasteiger partial charge in [-0.15, -0.1) is 0 Å². The van der Waals surface area contributed by atoms with Gasteiger partial charge in [0.15, 0.2) is 0 Å². The van der Waals surface area contributed by atoms with Crippen LogP contribution in [0.25, 0.3) is 0 Å². The molecular weight excluding hydrogens is 366 g/mol. The van der Waals surface area contributed by atoms with E-state index in [4.69, 9.17) is 4.18 Å². The van der Waals surface area contributed by atoms with Gasteiger partial charge in [0.1, 0.15) is 5.78 Å². The van der Waals surface area contributed by atoms with Crippen molar-refractivity contribution in [2.75, 3.05) is 12.8 Å². The maximum atomic E-state index is 13.0. The molecule has 2 saturated carbocycles. The Kier molecular flexibility index (Phi) is 4.50. The van der Waals surface area contributed by atoms with Gasteiger partial charge in [-0.25, -0.2) is 0 Å². The Balaban J connectivity index is 1.61. The zero-order valence-electron chi connectivity index (χ0n) is 16.6. The number of hydrogen-bond donors (Lipinski definition) is 0. The summed E-state index contributed by atoms with van der Waals surface area (Å²) < 4.78 is 28.3. The van der Waals surface area contributed by atoms with Crippen molar-refractivity contribution in [3.63, 3.8) is 0 Å². The van der Waals surface area contributed by atoms with E-state index in [0.29, 0.717) is 42.9 Å². The summed E-state index contributed by atoms with van der Waals surface area (Å²) in [5, 5.41) is 0. The largest absolute Gasteiger partial charge is 0.337 e. The molecule has 0 bridgehead atoms. The van der Waals surface area contributed by atoms with E-state index in [-0.39, 0.29) is 23.3 Å². The second kappa shape index (κ2) is 6.28. The molecule has 4 aliphatic rings. The molecule has 2 saturated heterocycles. The van der Waals surface area contributed by atoms with E-state index in [0.717, 1.165) is 38.4 Å². The summed E-state index contributed by atoms with van der Waals surface area (Å²) in [6.07, 6.45) is 6.50. The average Bonchev–Trinajstić information content (AvgIpc) is 2.80. The molecule has 4 fully saturated rings. The highest BCUT2D eigenvalue weighted by atomic mass is 32.2. The molecule has 2 aliphatic heterocycles. The van der Waals surface area contributed by atoms with Gasteiger partial charge in [-0.1, -0.05) is 6.92 Å². The lowest BCUT2D eigenvalue weighted by Crippen LogP contribution is -2.62. The molecule has 152 valence electrons. The topological polar surface area (TPSA) is 80.8 Å². The quantitative estimate of drug-likeness (QED) is 0.669. The monoisotopic (exact) mass is 397 g/mol. The fraction of sp³-hybridized carbons (Fsp3) is 0.900. The Hall–Kier alpha value is -0.950. The fourth-order valence-electron chi connectivity index (χ4n) is 6.89. The second-order valence-electron chi connectivity index (χ2n) is 9.65. The predicted octanol–water partition coefficient (Wildman–Crippen LogP) is 2.52. The maximum absolute atomic E-state index is 13.0. The van der Waals surface area contributed by atoms with Crippen molar-refractivity contribution < 1.29 is 22.2 Å². The van der Waals surface area contributed by atoms with Crippen molar-refractivity contribution >= 4 is 21.8 Å². The van der Waals surface area contributed by atoms with Crippen LogP contribution in [-0.4, -0.2) is 49.5 Å². The Morgan fingerprint density at radius 3 is 2.48 bits per heavy atom. The van der Waals surface area contributed by atoms with E-state index >= 15 is 0 Å². The van der Waals surface area contributed by atoms with Crippen LogP contribution < -0.4 is 0 Å². The molecule has 0 spiro atoms. The van der Waals surface area contributed by atoms with Gasteiger partial charge in [-0.3, -0.25) is 13.8 Å². The molecule has 1 unspecified atom stereocenters. The fourth-order valence-corrected chi connectivity index (χ4v) is 7.55. The summed E-state index contributed by atoms with van der Waals surface area (Å²) in [6.45, 7) is 5.05. The Morgan fingerprint density at radius 2 is 1.78 bits per heavy atom. The van der Waals surface area contributed by atoms with Crippen molar-refractivity contribution in [3.05, 3.63) is 0 Å². The van der Waals surface area contributed by atoms with E-state index < -0.39 is 16.2 Å². The summed E-state index contributed by atoms with van der Waals surface area (Å²) in [6, 6.07) is 0. The minimum atomic E-state index is -3.57. The number of nitrogens with zero attached hydrogens (tertiary/aromatic N) is 1. The van der Waals surface area contributed by atoms with E-state index in [2.05, 4.69) is 13.8 Å². The van der Waals surface area contributed by atoms with Crippen molar-refractivity contribution in [3.8, 4) is 0 Å². The first-order chi connectivity index (χ1) is 12.5. The number of ketones is 1. The number of carbonyl (C=O) groups is 2. The molecule has 6 nitrogen and oxygen atoms in total. The summed E-state index contributed by atoms with van der Waals surface area (Å²) in [5.74, 6) is 1.74. The van der Waals surface area contributed by atoms with Crippen LogP contribution in [0.3, 0.4) is 0 Å². The predicted molar refractivity (Wildman–Crippen MR) is 100 cm³/mol.